The number of fused-ring (bicyclic) bond motifs is 1. The van der Waals surface area contributed by atoms with Crippen LogP contribution in [0.15, 0.2) is 42.5 Å². The Balaban J connectivity index is 1.91. The van der Waals surface area contributed by atoms with Gasteiger partial charge in [0, 0.05) is 12.2 Å². The van der Waals surface area contributed by atoms with Crippen molar-refractivity contribution in [1.29, 1.82) is 0 Å². The number of hydrogen-bond acceptors (Lipinski definition) is 1. The number of para-hydroxylation sites is 1. The molecule has 0 aromatic heterocycles. The molecule has 110 valence electrons. The molecule has 1 N–H and O–H groups in total. The molecule has 0 saturated carbocycles. The van der Waals surface area contributed by atoms with Gasteiger partial charge < -0.3 is 5.32 Å². The molecule has 0 amide bonds. The normalized spacial score (nSPS) is 14.4. The first-order valence-electron chi connectivity index (χ1n) is 7.05. The van der Waals surface area contributed by atoms with Crippen molar-refractivity contribution in [1.82, 2.24) is 0 Å². The van der Waals surface area contributed by atoms with Gasteiger partial charge in [-0.3, -0.25) is 0 Å². The number of alkyl halides is 3. The molecule has 2 aromatic rings. The second-order valence-electron chi connectivity index (χ2n) is 5.36. The molecule has 1 aliphatic rings. The van der Waals surface area contributed by atoms with Gasteiger partial charge in [-0.2, -0.15) is 13.2 Å². The number of rotatable bonds is 2. The zero-order valence-corrected chi connectivity index (χ0v) is 11.5. The molecule has 0 spiro atoms. The lowest BCUT2D eigenvalue weighted by Gasteiger charge is -2.21. The van der Waals surface area contributed by atoms with E-state index in [9.17, 15) is 13.2 Å². The molecule has 0 saturated heterocycles. The Morgan fingerprint density at radius 1 is 1.05 bits per heavy atom. The Hall–Kier alpha value is -1.97. The van der Waals surface area contributed by atoms with Gasteiger partial charge in [0.05, 0.1) is 5.56 Å². The average Bonchev–Trinajstić information content (AvgIpc) is 2.47. The fourth-order valence-corrected chi connectivity index (χ4v) is 2.81. The average molecular weight is 291 g/mol. The molecule has 4 heteroatoms. The maximum Gasteiger partial charge on any atom is 0.416 e. The molecule has 21 heavy (non-hydrogen) atoms. The second-order valence-corrected chi connectivity index (χ2v) is 5.36. The third kappa shape index (κ3) is 3.04. The summed E-state index contributed by atoms with van der Waals surface area (Å²) < 4.78 is 38.3. The van der Waals surface area contributed by atoms with Crippen LogP contribution in [0.25, 0.3) is 0 Å². The smallest absolute Gasteiger partial charge is 0.385 e. The summed E-state index contributed by atoms with van der Waals surface area (Å²) in [7, 11) is 0. The van der Waals surface area contributed by atoms with Gasteiger partial charge in [0.25, 0.3) is 0 Å². The maximum absolute atomic E-state index is 12.8. The zero-order chi connectivity index (χ0) is 14.9. The van der Waals surface area contributed by atoms with Crippen LogP contribution in [0.1, 0.15) is 28.7 Å². The van der Waals surface area contributed by atoms with Gasteiger partial charge in [0.2, 0.25) is 0 Å². The number of halogens is 3. The number of nitrogens with one attached hydrogen (secondary N) is 1. The van der Waals surface area contributed by atoms with E-state index < -0.39 is 11.7 Å². The lowest BCUT2D eigenvalue weighted by Crippen LogP contribution is -2.14. The van der Waals surface area contributed by atoms with Crippen molar-refractivity contribution in [2.24, 2.45) is 0 Å². The summed E-state index contributed by atoms with van der Waals surface area (Å²) in [4.78, 5) is 0. The van der Waals surface area contributed by atoms with Gasteiger partial charge in [-0.15, -0.1) is 0 Å². The predicted octanol–water partition coefficient (Wildman–Crippen LogP) is 4.65. The van der Waals surface area contributed by atoms with Crippen LogP contribution in [-0.4, -0.2) is 6.54 Å². The van der Waals surface area contributed by atoms with Gasteiger partial charge in [0.15, 0.2) is 0 Å². The van der Waals surface area contributed by atoms with Crippen molar-refractivity contribution in [3.8, 4) is 0 Å². The fourth-order valence-electron chi connectivity index (χ4n) is 2.81. The van der Waals surface area contributed by atoms with Crippen LogP contribution in [0.5, 0.6) is 0 Å². The van der Waals surface area contributed by atoms with Crippen molar-refractivity contribution in [3.05, 3.63) is 64.7 Å². The monoisotopic (exact) mass is 291 g/mol. The minimum atomic E-state index is -4.29. The first-order chi connectivity index (χ1) is 10.0. The summed E-state index contributed by atoms with van der Waals surface area (Å²) in [6, 6.07) is 11.6. The standard InChI is InChI=1S/C17H16F3N/c18-17(19,20)15-8-1-4-12(11-15)10-14-6-2-5-13-7-3-9-21-16(13)14/h1-2,4-6,8,11,21H,3,7,9-10H2. The summed E-state index contributed by atoms with van der Waals surface area (Å²) in [5, 5.41) is 3.37. The van der Waals surface area contributed by atoms with Crippen LogP contribution < -0.4 is 5.32 Å². The van der Waals surface area contributed by atoms with Gasteiger partial charge in [-0.1, -0.05) is 36.4 Å². The Bertz CT molecular complexity index is 647. The predicted molar refractivity (Wildman–Crippen MR) is 77.5 cm³/mol. The van der Waals surface area contributed by atoms with Crippen molar-refractivity contribution < 1.29 is 13.2 Å². The highest BCUT2D eigenvalue weighted by atomic mass is 19.4. The molecule has 0 aliphatic carbocycles. The van der Waals surface area contributed by atoms with E-state index >= 15 is 0 Å². The van der Waals surface area contributed by atoms with Gasteiger partial charge in [0.1, 0.15) is 0 Å². The van der Waals surface area contributed by atoms with Crippen molar-refractivity contribution >= 4 is 5.69 Å². The summed E-state index contributed by atoms with van der Waals surface area (Å²) in [5.41, 5.74) is 3.52. The van der Waals surface area contributed by atoms with E-state index in [1.807, 2.05) is 12.1 Å². The van der Waals surface area contributed by atoms with E-state index in [-0.39, 0.29) is 0 Å². The summed E-state index contributed by atoms with van der Waals surface area (Å²) in [6.45, 7) is 0.923. The van der Waals surface area contributed by atoms with Crippen LogP contribution >= 0.6 is 0 Å². The molecule has 1 heterocycles. The van der Waals surface area contributed by atoms with Crippen molar-refractivity contribution in [2.75, 3.05) is 11.9 Å². The van der Waals surface area contributed by atoms with E-state index in [4.69, 9.17) is 0 Å². The number of benzene rings is 2. The minimum absolute atomic E-state index is 0.514. The van der Waals surface area contributed by atoms with Gasteiger partial charge in [-0.25, -0.2) is 0 Å². The van der Waals surface area contributed by atoms with Crippen LogP contribution in [-0.2, 0) is 19.0 Å². The van der Waals surface area contributed by atoms with Crippen LogP contribution in [0, 0.1) is 0 Å². The molecule has 0 atom stereocenters. The summed E-state index contributed by atoms with van der Waals surface area (Å²) >= 11 is 0. The second kappa shape index (κ2) is 5.43. The topological polar surface area (TPSA) is 12.0 Å². The minimum Gasteiger partial charge on any atom is -0.385 e. The van der Waals surface area contributed by atoms with E-state index in [0.29, 0.717) is 12.0 Å². The van der Waals surface area contributed by atoms with E-state index in [0.717, 1.165) is 36.7 Å². The highest BCUT2D eigenvalue weighted by Crippen LogP contribution is 2.31. The summed E-state index contributed by atoms with van der Waals surface area (Å²) in [5.74, 6) is 0. The van der Waals surface area contributed by atoms with E-state index in [2.05, 4.69) is 11.4 Å². The lowest BCUT2D eigenvalue weighted by molar-refractivity contribution is -0.137. The highest BCUT2D eigenvalue weighted by Gasteiger charge is 2.30. The maximum atomic E-state index is 12.8. The van der Waals surface area contributed by atoms with Crippen LogP contribution in [0.4, 0.5) is 18.9 Å². The first-order valence-corrected chi connectivity index (χ1v) is 7.05. The Kier molecular flexibility index (Phi) is 3.62. The molecule has 2 aromatic carbocycles. The van der Waals surface area contributed by atoms with Crippen LogP contribution in [0.2, 0.25) is 0 Å². The van der Waals surface area contributed by atoms with E-state index in [1.165, 1.54) is 17.7 Å². The quantitative estimate of drug-likeness (QED) is 0.849. The lowest BCUT2D eigenvalue weighted by atomic mass is 9.95. The molecule has 0 unspecified atom stereocenters. The number of hydrogen-bond donors (Lipinski definition) is 1. The first kappa shape index (κ1) is 14.0. The SMILES string of the molecule is FC(F)(F)c1cccc(Cc2cccc3c2NCCC3)c1. The Labute approximate surface area is 121 Å². The Morgan fingerprint density at radius 2 is 1.86 bits per heavy atom. The molecule has 1 aliphatic heterocycles. The highest BCUT2D eigenvalue weighted by molar-refractivity contribution is 5.60. The third-order valence-electron chi connectivity index (χ3n) is 3.81. The van der Waals surface area contributed by atoms with Crippen molar-refractivity contribution in [2.45, 2.75) is 25.4 Å². The zero-order valence-electron chi connectivity index (χ0n) is 11.5. The Morgan fingerprint density at radius 3 is 2.67 bits per heavy atom. The summed E-state index contributed by atoms with van der Waals surface area (Å²) in [6.07, 6.45) is -1.65. The largest absolute Gasteiger partial charge is 0.416 e. The number of aryl methyl sites for hydroxylation is 1. The number of anilines is 1. The third-order valence-corrected chi connectivity index (χ3v) is 3.81. The molecule has 0 fully saturated rings. The molecule has 3 rings (SSSR count). The molecular formula is C17H16F3N. The molecule has 0 bridgehead atoms. The van der Waals surface area contributed by atoms with Gasteiger partial charge in [-0.05, 0) is 42.0 Å². The van der Waals surface area contributed by atoms with Crippen LogP contribution in [0.3, 0.4) is 0 Å². The molecule has 0 radical (unpaired) electrons. The molecular weight excluding hydrogens is 275 g/mol. The molecule has 1 nitrogen and oxygen atoms in total. The van der Waals surface area contributed by atoms with Gasteiger partial charge >= 0.3 is 6.18 Å². The fraction of sp³-hybridized carbons (Fsp3) is 0.294. The van der Waals surface area contributed by atoms with E-state index in [1.54, 1.807) is 6.07 Å². The van der Waals surface area contributed by atoms with Crippen molar-refractivity contribution in [3.63, 3.8) is 0 Å².